The molecular weight excluding hydrogens is 1010 g/mol. The van der Waals surface area contributed by atoms with Crippen LogP contribution in [0.25, 0.3) is 0 Å². The molecule has 10 N–H and O–H groups in total. The number of rotatable bonds is 15. The van der Waals surface area contributed by atoms with Crippen molar-refractivity contribution in [2.75, 3.05) is 6.54 Å². The number of Topliss-reactive ketones (excluding diaryl/α,β-unsaturated/α-hetero) is 1. The molecule has 4 aliphatic heterocycles. The normalized spacial score (nSPS) is 35.0. The van der Waals surface area contributed by atoms with Crippen LogP contribution < -0.4 is 21.4 Å². The maximum atomic E-state index is 14.5. The van der Waals surface area contributed by atoms with Crippen LogP contribution in [0, 0.1) is 47.3 Å². The zero-order chi connectivity index (χ0) is 58.5. The van der Waals surface area contributed by atoms with Gasteiger partial charge in [-0.1, -0.05) is 97.9 Å². The number of aromatic hydroxyl groups is 1. The molecule has 2 unspecified atom stereocenters. The van der Waals surface area contributed by atoms with Crippen molar-refractivity contribution in [2.24, 2.45) is 47.3 Å². The van der Waals surface area contributed by atoms with E-state index in [4.69, 9.17) is 9.47 Å². The molecule has 1 aromatic rings. The summed E-state index contributed by atoms with van der Waals surface area (Å²) in [5.41, 5.74) is 3.09. The number of allylic oxidation sites excluding steroid dienone is 3. The standard InChI is InChI=1S/C60H93N5O14/c1-11-42-28-36(6)60(63-55(42)73)40(10)53(71)39(9)51(79-60)32-49(70)34(4)18-13-12-14-19-35(5)50-31-44(68)22-16-24-48(69)38(8)54(72)45(26-25-37(7)66)56(74)62-52(33(2)3)57(75)61-47(30-41-20-15-21-43(67)29-41)58(76)65-27-17-23-46(64-65)59(77)78-50/h12,14-16,19-21,24,29,33-34,36,38-40,42,44-54,64,67-72H,11,13,17-18,22-23,25-28,30-32H2,1-10H3,(H,61,75)(H,62,74)(H,63,73)/t34-,36-,38-,39-,40-,42-,44?,45+,46?,47-,48-,49-,50-,51-,52-,53-,54+,60+/m0/s1. The fourth-order valence-electron chi connectivity index (χ4n) is 11.6. The Bertz CT molecular complexity index is 2330. The Morgan fingerprint density at radius 2 is 1.66 bits per heavy atom. The predicted octanol–water partition coefficient (Wildman–Crippen LogP) is 4.60. The van der Waals surface area contributed by atoms with Crippen molar-refractivity contribution < 1.29 is 68.9 Å². The topological polar surface area (TPSA) is 294 Å². The quantitative estimate of drug-likeness (QED) is 0.0653. The molecule has 4 amide bonds. The van der Waals surface area contributed by atoms with Crippen LogP contribution >= 0.6 is 0 Å². The minimum absolute atomic E-state index is 0.0118. The number of hydrazine groups is 1. The van der Waals surface area contributed by atoms with E-state index in [2.05, 4.69) is 21.4 Å². The molecule has 1 aromatic carbocycles. The molecule has 2 bridgehead atoms. The number of aliphatic hydroxyl groups is 5. The third kappa shape index (κ3) is 17.3. The Kier molecular flexibility index (Phi) is 24.3. The summed E-state index contributed by atoms with van der Waals surface area (Å²) in [5.74, 6) is -6.71. The highest BCUT2D eigenvalue weighted by atomic mass is 16.5. The average Bonchev–Trinajstić information content (AvgIpc) is 3.51. The highest BCUT2D eigenvalue weighted by molar-refractivity contribution is 5.93. The summed E-state index contributed by atoms with van der Waals surface area (Å²) in [6, 6.07) is 2.73. The van der Waals surface area contributed by atoms with E-state index in [1.54, 1.807) is 52.0 Å². The van der Waals surface area contributed by atoms with Crippen molar-refractivity contribution in [1.82, 2.24) is 26.4 Å². The molecule has 5 rings (SSSR count). The third-order valence-electron chi connectivity index (χ3n) is 17.2. The van der Waals surface area contributed by atoms with Crippen LogP contribution in [0.5, 0.6) is 5.75 Å². The van der Waals surface area contributed by atoms with Crippen LogP contribution in [-0.4, -0.2) is 144 Å². The van der Waals surface area contributed by atoms with Crippen molar-refractivity contribution in [2.45, 2.75) is 213 Å². The lowest BCUT2D eigenvalue weighted by molar-refractivity contribution is -0.267. The van der Waals surface area contributed by atoms with Crippen LogP contribution in [-0.2, 0) is 44.7 Å². The molecule has 1 spiro atoms. The SMILES string of the molecule is CC[C@H]1C[C@H](C)[C@@]2(NC1=O)O[C@@H](C[C@H](O)[C@@H](C)CCC=CC=C(C)[C@@H]1CC(O)CC=C[C@H](O)[C@H](C)[C@@H](O)[C@@H](CCC(C)=O)C(=O)N[C@@H](C(C)C)C(=O)N[C@@H](Cc3cccc(O)c3)C(=O)N3CCCC(N3)C(=O)O1)[C@H](C)[C@H](O)[C@@H]2C. The summed E-state index contributed by atoms with van der Waals surface area (Å²) >= 11 is 0. The van der Waals surface area contributed by atoms with E-state index in [0.29, 0.717) is 49.7 Å². The van der Waals surface area contributed by atoms with Crippen molar-refractivity contribution in [3.63, 3.8) is 0 Å². The van der Waals surface area contributed by atoms with Gasteiger partial charge >= 0.3 is 5.97 Å². The number of carbonyl (C=O) groups excluding carboxylic acids is 6. The monoisotopic (exact) mass is 1110 g/mol. The van der Waals surface area contributed by atoms with Gasteiger partial charge in [0.2, 0.25) is 17.7 Å². The van der Waals surface area contributed by atoms with Gasteiger partial charge in [-0.3, -0.25) is 29.0 Å². The van der Waals surface area contributed by atoms with Crippen molar-refractivity contribution >= 4 is 35.4 Å². The zero-order valence-electron chi connectivity index (χ0n) is 48.2. The van der Waals surface area contributed by atoms with Crippen LogP contribution in [0.1, 0.15) is 145 Å². The van der Waals surface area contributed by atoms with E-state index in [9.17, 15) is 59.4 Å². The number of cyclic esters (lactones) is 1. The number of fused-ring (bicyclic) bond motifs is 2. The van der Waals surface area contributed by atoms with Crippen LogP contribution in [0.2, 0.25) is 0 Å². The molecule has 4 heterocycles. The molecule has 442 valence electrons. The Balaban J connectivity index is 1.35. The van der Waals surface area contributed by atoms with E-state index in [1.165, 1.54) is 30.1 Å². The van der Waals surface area contributed by atoms with Crippen molar-refractivity contribution in [3.05, 3.63) is 65.8 Å². The number of benzene rings is 1. The summed E-state index contributed by atoms with van der Waals surface area (Å²) in [5, 5.41) is 77.5. The number of hydrogen-bond acceptors (Lipinski definition) is 15. The Hall–Kier alpha value is -5.02. The maximum Gasteiger partial charge on any atom is 0.325 e. The molecule has 79 heavy (non-hydrogen) atoms. The molecule has 4 aliphatic rings. The molecule has 0 radical (unpaired) electrons. The number of ether oxygens (including phenoxy) is 2. The second-order valence-electron chi connectivity index (χ2n) is 23.7. The molecule has 0 aromatic heterocycles. The van der Waals surface area contributed by atoms with Gasteiger partial charge in [0, 0.05) is 61.8 Å². The van der Waals surface area contributed by atoms with Gasteiger partial charge in [0.15, 0.2) is 0 Å². The van der Waals surface area contributed by atoms with E-state index in [0.717, 1.165) is 0 Å². The minimum Gasteiger partial charge on any atom is -0.508 e. The van der Waals surface area contributed by atoms with Gasteiger partial charge in [0.05, 0.1) is 42.5 Å². The third-order valence-corrected chi connectivity index (χ3v) is 17.2. The van der Waals surface area contributed by atoms with E-state index >= 15 is 0 Å². The maximum absolute atomic E-state index is 14.5. The summed E-state index contributed by atoms with van der Waals surface area (Å²) in [4.78, 5) is 82.3. The summed E-state index contributed by atoms with van der Waals surface area (Å²) in [6.07, 6.45) is 4.91. The Labute approximate surface area is 467 Å². The molecule has 19 nitrogen and oxygen atoms in total. The number of piperidine rings is 1. The largest absolute Gasteiger partial charge is 0.508 e. The Morgan fingerprint density at radius 3 is 2.33 bits per heavy atom. The molecule has 0 saturated carbocycles. The van der Waals surface area contributed by atoms with Gasteiger partial charge in [-0.2, -0.15) is 0 Å². The number of carbonyl (C=O) groups is 6. The van der Waals surface area contributed by atoms with Gasteiger partial charge in [-0.15, -0.1) is 0 Å². The first kappa shape index (κ1) is 64.8. The molecule has 19 heteroatoms. The van der Waals surface area contributed by atoms with E-state index in [1.807, 2.05) is 46.8 Å². The van der Waals surface area contributed by atoms with Crippen LogP contribution in [0.15, 0.2) is 60.2 Å². The number of aliphatic hydroxyl groups excluding tert-OH is 5. The van der Waals surface area contributed by atoms with E-state index in [-0.39, 0.29) is 92.1 Å². The van der Waals surface area contributed by atoms with Crippen LogP contribution in [0.3, 0.4) is 0 Å². The van der Waals surface area contributed by atoms with Gasteiger partial charge in [0.25, 0.3) is 5.91 Å². The predicted molar refractivity (Wildman–Crippen MR) is 297 cm³/mol. The van der Waals surface area contributed by atoms with Gasteiger partial charge in [-0.25, -0.2) is 5.43 Å². The lowest BCUT2D eigenvalue weighted by atomic mass is 9.69. The molecule has 3 fully saturated rings. The number of nitrogens with one attached hydrogen (secondary N) is 4. The number of ketones is 1. The second kappa shape index (κ2) is 29.6. The highest BCUT2D eigenvalue weighted by Gasteiger charge is 2.57. The first-order chi connectivity index (χ1) is 37.3. The van der Waals surface area contributed by atoms with Gasteiger partial charge in [-0.05, 0) is 100 Å². The van der Waals surface area contributed by atoms with Crippen molar-refractivity contribution in [1.29, 1.82) is 0 Å². The summed E-state index contributed by atoms with van der Waals surface area (Å²) in [7, 11) is 0. The molecule has 0 aliphatic carbocycles. The number of esters is 1. The second-order valence-corrected chi connectivity index (χ2v) is 23.7. The first-order valence-corrected chi connectivity index (χ1v) is 28.8. The zero-order valence-corrected chi connectivity index (χ0v) is 48.2. The number of amides is 4. The van der Waals surface area contributed by atoms with Crippen molar-refractivity contribution in [3.8, 4) is 5.75 Å². The number of nitrogens with zero attached hydrogens (tertiary/aromatic N) is 1. The molecular formula is C60H93N5O14. The average molecular weight is 1110 g/mol. The van der Waals surface area contributed by atoms with Crippen LogP contribution in [0.4, 0.5) is 0 Å². The molecule has 18 atom stereocenters. The van der Waals surface area contributed by atoms with E-state index < -0.39 is 108 Å². The fraction of sp³-hybridized carbons (Fsp3) is 0.700. The fourth-order valence-corrected chi connectivity index (χ4v) is 11.6. The lowest BCUT2D eigenvalue weighted by Crippen LogP contribution is -2.71. The minimum atomic E-state index is -1.48. The lowest BCUT2D eigenvalue weighted by Gasteiger charge is -2.56. The number of phenols is 1. The van der Waals surface area contributed by atoms with Gasteiger partial charge < -0.3 is 60.9 Å². The summed E-state index contributed by atoms with van der Waals surface area (Å²) in [6.45, 7) is 18.1. The number of phenolic OH excluding ortho intramolecular Hbond substituents is 1. The number of hydrogen-bond donors (Lipinski definition) is 10. The molecule has 3 saturated heterocycles. The summed E-state index contributed by atoms with van der Waals surface area (Å²) < 4.78 is 12.9. The first-order valence-electron chi connectivity index (χ1n) is 28.8. The smallest absolute Gasteiger partial charge is 0.325 e. The van der Waals surface area contributed by atoms with Gasteiger partial charge in [0.1, 0.15) is 41.5 Å². The Morgan fingerprint density at radius 1 is 0.937 bits per heavy atom. The highest BCUT2D eigenvalue weighted by Crippen LogP contribution is 2.46.